The van der Waals surface area contributed by atoms with Gasteiger partial charge in [0, 0.05) is 21.0 Å². The van der Waals surface area contributed by atoms with E-state index >= 15 is 0 Å². The van der Waals surface area contributed by atoms with E-state index in [4.69, 9.17) is 9.97 Å². The zero-order chi connectivity index (χ0) is 21.2. The van der Waals surface area contributed by atoms with Crippen LogP contribution in [0.25, 0.3) is 44.7 Å². The third-order valence-electron chi connectivity index (χ3n) is 5.19. The first-order valence-electron chi connectivity index (χ1n) is 9.85. The van der Waals surface area contributed by atoms with Crippen LogP contribution < -0.4 is 0 Å². The summed E-state index contributed by atoms with van der Waals surface area (Å²) in [5.41, 5.74) is 6.55. The van der Waals surface area contributed by atoms with Crippen LogP contribution >= 0.6 is 15.9 Å². The number of benzene rings is 4. The van der Waals surface area contributed by atoms with Gasteiger partial charge in [0.2, 0.25) is 0 Å². The predicted octanol–water partition coefficient (Wildman–Crippen LogP) is 7.26. The van der Waals surface area contributed by atoms with Gasteiger partial charge in [0.1, 0.15) is 0 Å². The number of aromatic nitrogens is 2. The van der Waals surface area contributed by atoms with Crippen molar-refractivity contribution in [1.82, 2.24) is 9.97 Å². The summed E-state index contributed by atoms with van der Waals surface area (Å²) in [6.45, 7) is 0. The maximum absolute atomic E-state index is 9.17. The Morgan fingerprint density at radius 1 is 0.645 bits per heavy atom. The van der Waals surface area contributed by atoms with Gasteiger partial charge in [-0.3, -0.25) is 0 Å². The van der Waals surface area contributed by atoms with Gasteiger partial charge < -0.3 is 0 Å². The average molecular weight is 462 g/mol. The molecular formula is C27H16BrN3. The van der Waals surface area contributed by atoms with Gasteiger partial charge in [-0.25, -0.2) is 9.97 Å². The Labute approximate surface area is 188 Å². The topological polar surface area (TPSA) is 49.6 Å². The molecule has 1 aromatic heterocycles. The second-order valence-electron chi connectivity index (χ2n) is 7.19. The lowest BCUT2D eigenvalue weighted by atomic mass is 10.00. The van der Waals surface area contributed by atoms with Crippen LogP contribution in [-0.4, -0.2) is 9.97 Å². The lowest BCUT2D eigenvalue weighted by Crippen LogP contribution is -1.95. The maximum atomic E-state index is 9.17. The number of fused-ring (bicyclic) bond motifs is 1. The second kappa shape index (κ2) is 8.14. The van der Waals surface area contributed by atoms with Gasteiger partial charge in [-0.05, 0) is 41.5 Å². The normalized spacial score (nSPS) is 10.7. The SMILES string of the molecule is N#Cc1cccc(-c2ccc(-c3nc(-c4ccc(Br)cc4)nc4ccccc34)cc2)c1. The number of hydrogen-bond donors (Lipinski definition) is 0. The number of halogens is 1. The van der Waals surface area contributed by atoms with E-state index in [1.165, 1.54) is 0 Å². The predicted molar refractivity (Wildman–Crippen MR) is 128 cm³/mol. The highest BCUT2D eigenvalue weighted by Crippen LogP contribution is 2.31. The highest BCUT2D eigenvalue weighted by atomic mass is 79.9. The van der Waals surface area contributed by atoms with E-state index in [1.807, 2.05) is 66.7 Å². The molecule has 4 heteroatoms. The molecule has 0 radical (unpaired) electrons. The molecule has 0 fully saturated rings. The molecule has 0 amide bonds. The number of nitrogens with zero attached hydrogens (tertiary/aromatic N) is 3. The molecule has 0 saturated heterocycles. The monoisotopic (exact) mass is 461 g/mol. The Kier molecular flexibility index (Phi) is 5.03. The van der Waals surface area contributed by atoms with Crippen LogP contribution in [0.5, 0.6) is 0 Å². The van der Waals surface area contributed by atoms with Crippen LogP contribution in [-0.2, 0) is 0 Å². The van der Waals surface area contributed by atoms with Crippen molar-refractivity contribution >= 4 is 26.8 Å². The Hall–Kier alpha value is -3.81. The van der Waals surface area contributed by atoms with E-state index in [0.29, 0.717) is 11.4 Å². The first-order chi connectivity index (χ1) is 15.2. The minimum Gasteiger partial charge on any atom is -0.228 e. The molecule has 146 valence electrons. The van der Waals surface area contributed by atoms with Gasteiger partial charge >= 0.3 is 0 Å². The Morgan fingerprint density at radius 3 is 2.13 bits per heavy atom. The Morgan fingerprint density at radius 2 is 1.35 bits per heavy atom. The van der Waals surface area contributed by atoms with Gasteiger partial charge in [-0.1, -0.05) is 82.7 Å². The summed E-state index contributed by atoms with van der Waals surface area (Å²) >= 11 is 3.49. The number of nitriles is 1. The minimum atomic E-state index is 0.655. The molecule has 0 aliphatic heterocycles. The third kappa shape index (κ3) is 3.84. The second-order valence-corrected chi connectivity index (χ2v) is 8.11. The van der Waals surface area contributed by atoms with E-state index in [9.17, 15) is 5.26 Å². The maximum Gasteiger partial charge on any atom is 0.160 e. The number of rotatable bonds is 3. The van der Waals surface area contributed by atoms with Gasteiger partial charge in [-0.15, -0.1) is 0 Å². The smallest absolute Gasteiger partial charge is 0.160 e. The van der Waals surface area contributed by atoms with Crippen molar-refractivity contribution in [3.63, 3.8) is 0 Å². The van der Waals surface area contributed by atoms with Crippen molar-refractivity contribution in [3.8, 4) is 39.8 Å². The largest absolute Gasteiger partial charge is 0.228 e. The fourth-order valence-corrected chi connectivity index (χ4v) is 3.88. The van der Waals surface area contributed by atoms with E-state index < -0.39 is 0 Å². The summed E-state index contributed by atoms with van der Waals surface area (Å²) in [6, 6.07) is 34.2. The summed E-state index contributed by atoms with van der Waals surface area (Å²) in [6.07, 6.45) is 0. The quantitative estimate of drug-likeness (QED) is 0.283. The van der Waals surface area contributed by atoms with E-state index in [1.54, 1.807) is 0 Å². The highest BCUT2D eigenvalue weighted by molar-refractivity contribution is 9.10. The summed E-state index contributed by atoms with van der Waals surface area (Å²) in [4.78, 5) is 9.72. The summed E-state index contributed by atoms with van der Waals surface area (Å²) in [5.74, 6) is 0.701. The zero-order valence-electron chi connectivity index (χ0n) is 16.5. The molecule has 0 saturated carbocycles. The van der Waals surface area contributed by atoms with Crippen molar-refractivity contribution in [2.24, 2.45) is 0 Å². The molecule has 0 spiro atoms. The van der Waals surface area contributed by atoms with E-state index in [2.05, 4.69) is 52.3 Å². The lowest BCUT2D eigenvalue weighted by Gasteiger charge is -2.10. The molecule has 1 heterocycles. The van der Waals surface area contributed by atoms with E-state index in [-0.39, 0.29) is 0 Å². The van der Waals surface area contributed by atoms with Crippen molar-refractivity contribution in [3.05, 3.63) is 107 Å². The van der Waals surface area contributed by atoms with Crippen molar-refractivity contribution < 1.29 is 0 Å². The number of para-hydroxylation sites is 1. The molecular weight excluding hydrogens is 446 g/mol. The number of hydrogen-bond acceptors (Lipinski definition) is 3. The summed E-state index contributed by atoms with van der Waals surface area (Å²) < 4.78 is 1.02. The first kappa shape index (κ1) is 19.2. The van der Waals surface area contributed by atoms with Crippen LogP contribution in [0.3, 0.4) is 0 Å². The van der Waals surface area contributed by atoms with Crippen molar-refractivity contribution in [2.75, 3.05) is 0 Å². The standard InChI is InChI=1S/C27H16BrN3/c28-23-14-12-21(13-15-23)27-30-25-7-2-1-6-24(25)26(31-27)20-10-8-19(9-11-20)22-5-3-4-18(16-22)17-29/h1-16H. The van der Waals surface area contributed by atoms with Crippen LogP contribution in [0.2, 0.25) is 0 Å². The van der Waals surface area contributed by atoms with Gasteiger partial charge in [-0.2, -0.15) is 5.26 Å². The molecule has 0 unspecified atom stereocenters. The lowest BCUT2D eigenvalue weighted by molar-refractivity contribution is 1.23. The molecule has 0 aliphatic carbocycles. The summed E-state index contributed by atoms with van der Waals surface area (Å²) in [7, 11) is 0. The molecule has 5 rings (SSSR count). The fourth-order valence-electron chi connectivity index (χ4n) is 3.61. The molecule has 5 aromatic rings. The molecule has 4 aromatic carbocycles. The molecule has 3 nitrogen and oxygen atoms in total. The van der Waals surface area contributed by atoms with Gasteiger partial charge in [0.15, 0.2) is 5.82 Å². The first-order valence-corrected chi connectivity index (χ1v) is 10.6. The van der Waals surface area contributed by atoms with Crippen LogP contribution in [0, 0.1) is 11.3 Å². The molecule has 0 N–H and O–H groups in total. The third-order valence-corrected chi connectivity index (χ3v) is 5.72. The molecule has 0 aliphatic rings. The Balaban J connectivity index is 1.62. The van der Waals surface area contributed by atoms with Crippen LogP contribution in [0.15, 0.2) is 102 Å². The average Bonchev–Trinajstić information content (AvgIpc) is 2.84. The van der Waals surface area contributed by atoms with Crippen molar-refractivity contribution in [2.45, 2.75) is 0 Å². The Bertz CT molecular complexity index is 1430. The van der Waals surface area contributed by atoms with Gasteiger partial charge in [0.25, 0.3) is 0 Å². The van der Waals surface area contributed by atoms with Gasteiger partial charge in [0.05, 0.1) is 22.8 Å². The van der Waals surface area contributed by atoms with Crippen LogP contribution in [0.4, 0.5) is 0 Å². The van der Waals surface area contributed by atoms with Crippen molar-refractivity contribution in [1.29, 1.82) is 5.26 Å². The molecule has 0 bridgehead atoms. The minimum absolute atomic E-state index is 0.655. The summed E-state index contributed by atoms with van der Waals surface area (Å²) in [5, 5.41) is 10.2. The molecule has 0 atom stereocenters. The van der Waals surface area contributed by atoms with E-state index in [0.717, 1.165) is 43.3 Å². The highest BCUT2D eigenvalue weighted by Gasteiger charge is 2.11. The zero-order valence-corrected chi connectivity index (χ0v) is 18.0. The fraction of sp³-hybridized carbons (Fsp3) is 0. The van der Waals surface area contributed by atoms with Crippen LogP contribution in [0.1, 0.15) is 5.56 Å². The molecule has 31 heavy (non-hydrogen) atoms.